The van der Waals surface area contributed by atoms with Gasteiger partial charge in [0.25, 0.3) is 0 Å². The van der Waals surface area contributed by atoms with Gasteiger partial charge >= 0.3 is 0 Å². The van der Waals surface area contributed by atoms with Crippen LogP contribution in [0.1, 0.15) is 5.56 Å². The third-order valence-corrected chi connectivity index (χ3v) is 3.84. The smallest absolute Gasteiger partial charge is 0.119 e. The van der Waals surface area contributed by atoms with Gasteiger partial charge in [-0.15, -0.1) is 0 Å². The van der Waals surface area contributed by atoms with E-state index >= 15 is 0 Å². The third kappa shape index (κ3) is 6.89. The first-order valence-corrected chi connectivity index (χ1v) is 8.37. The summed E-state index contributed by atoms with van der Waals surface area (Å²) in [6.07, 6.45) is -0.582. The summed E-state index contributed by atoms with van der Waals surface area (Å²) in [6, 6.07) is 17.3. The van der Waals surface area contributed by atoms with Crippen molar-refractivity contribution in [3.05, 3.63) is 65.2 Å². The zero-order valence-electron chi connectivity index (χ0n) is 13.9. The number of methoxy groups -OCH3 is 1. The van der Waals surface area contributed by atoms with Crippen LogP contribution in [-0.4, -0.2) is 49.5 Å². The van der Waals surface area contributed by atoms with Gasteiger partial charge in [0.15, 0.2) is 0 Å². The van der Waals surface area contributed by atoms with Gasteiger partial charge in [-0.25, -0.2) is 0 Å². The Bertz CT molecular complexity index is 577. The molecule has 5 heteroatoms. The van der Waals surface area contributed by atoms with E-state index in [-0.39, 0.29) is 6.61 Å². The monoisotopic (exact) mass is 349 g/mol. The zero-order chi connectivity index (χ0) is 17.2. The Morgan fingerprint density at radius 2 is 1.79 bits per heavy atom. The Labute approximate surface area is 148 Å². The summed E-state index contributed by atoms with van der Waals surface area (Å²) < 4.78 is 10.8. The first kappa shape index (κ1) is 18.7. The fourth-order valence-electron chi connectivity index (χ4n) is 2.37. The minimum atomic E-state index is -0.582. The number of aliphatic hydroxyl groups excluding tert-OH is 1. The number of ether oxygens (including phenoxy) is 2. The van der Waals surface area contributed by atoms with Crippen molar-refractivity contribution in [1.82, 2.24) is 4.90 Å². The minimum Gasteiger partial charge on any atom is -0.491 e. The van der Waals surface area contributed by atoms with Crippen LogP contribution in [0.5, 0.6) is 5.75 Å². The Morgan fingerprint density at radius 1 is 1.08 bits per heavy atom. The number of aliphatic hydroxyl groups is 1. The predicted octanol–water partition coefficient (Wildman–Crippen LogP) is 3.23. The van der Waals surface area contributed by atoms with Crippen LogP contribution in [0.25, 0.3) is 0 Å². The Kier molecular flexibility index (Phi) is 8.05. The molecule has 4 nitrogen and oxygen atoms in total. The van der Waals surface area contributed by atoms with Crippen molar-refractivity contribution in [1.29, 1.82) is 0 Å². The molecule has 1 N–H and O–H groups in total. The van der Waals surface area contributed by atoms with E-state index < -0.39 is 6.10 Å². The summed E-state index contributed by atoms with van der Waals surface area (Å²) in [5.74, 6) is 0.699. The molecule has 0 bridgehead atoms. The van der Waals surface area contributed by atoms with E-state index in [9.17, 15) is 5.11 Å². The molecule has 0 unspecified atom stereocenters. The van der Waals surface area contributed by atoms with E-state index in [2.05, 4.69) is 17.0 Å². The Hall–Kier alpha value is -1.59. The van der Waals surface area contributed by atoms with Crippen LogP contribution in [-0.2, 0) is 11.3 Å². The maximum absolute atomic E-state index is 10.3. The van der Waals surface area contributed by atoms with Crippen molar-refractivity contribution in [3.8, 4) is 5.75 Å². The molecule has 0 aliphatic carbocycles. The third-order valence-electron chi connectivity index (χ3n) is 3.59. The molecule has 0 amide bonds. The average Bonchev–Trinajstić information content (AvgIpc) is 2.60. The van der Waals surface area contributed by atoms with Gasteiger partial charge in [-0.3, -0.25) is 4.90 Å². The summed E-state index contributed by atoms with van der Waals surface area (Å²) in [5.41, 5.74) is 1.21. The molecule has 0 spiro atoms. The molecular formula is C19H24ClNO3. The van der Waals surface area contributed by atoms with Gasteiger partial charge in [0.1, 0.15) is 18.5 Å². The van der Waals surface area contributed by atoms with E-state index in [1.54, 1.807) is 31.4 Å². The molecule has 0 saturated heterocycles. The van der Waals surface area contributed by atoms with Crippen molar-refractivity contribution in [2.24, 2.45) is 0 Å². The van der Waals surface area contributed by atoms with Gasteiger partial charge in [-0.05, 0) is 29.8 Å². The SMILES string of the molecule is COCCN(Cc1ccccc1)C[C@H](O)COc1ccc(Cl)cc1. The standard InChI is InChI=1S/C19H24ClNO3/c1-23-12-11-21(13-16-5-3-2-4-6-16)14-18(22)15-24-19-9-7-17(20)8-10-19/h2-10,18,22H,11-15H2,1H3/t18-/m0/s1. The average molecular weight is 350 g/mol. The minimum absolute atomic E-state index is 0.236. The molecule has 2 aromatic carbocycles. The van der Waals surface area contributed by atoms with E-state index in [4.69, 9.17) is 21.1 Å². The summed E-state index contributed by atoms with van der Waals surface area (Å²) in [7, 11) is 1.68. The molecule has 24 heavy (non-hydrogen) atoms. The highest BCUT2D eigenvalue weighted by molar-refractivity contribution is 6.30. The fourth-order valence-corrected chi connectivity index (χ4v) is 2.50. The van der Waals surface area contributed by atoms with Crippen LogP contribution in [0.4, 0.5) is 0 Å². The highest BCUT2D eigenvalue weighted by Crippen LogP contribution is 2.15. The van der Waals surface area contributed by atoms with Crippen molar-refractivity contribution >= 4 is 11.6 Å². The fraction of sp³-hybridized carbons (Fsp3) is 0.368. The highest BCUT2D eigenvalue weighted by atomic mass is 35.5. The summed E-state index contributed by atoms with van der Waals surface area (Å²) in [5, 5.41) is 10.9. The zero-order valence-corrected chi connectivity index (χ0v) is 14.7. The number of nitrogens with zero attached hydrogens (tertiary/aromatic N) is 1. The second-order valence-electron chi connectivity index (χ2n) is 5.63. The normalized spacial score (nSPS) is 12.3. The molecule has 0 aromatic heterocycles. The lowest BCUT2D eigenvalue weighted by Crippen LogP contribution is -2.37. The van der Waals surface area contributed by atoms with Crippen molar-refractivity contribution < 1.29 is 14.6 Å². The van der Waals surface area contributed by atoms with Gasteiger partial charge in [0.05, 0.1) is 6.61 Å². The first-order chi connectivity index (χ1) is 11.7. The van der Waals surface area contributed by atoms with Gasteiger partial charge in [0, 0.05) is 31.8 Å². The summed E-state index contributed by atoms with van der Waals surface area (Å²) in [6.45, 7) is 2.90. The van der Waals surface area contributed by atoms with Crippen LogP contribution in [0.15, 0.2) is 54.6 Å². The lowest BCUT2D eigenvalue weighted by Gasteiger charge is -2.25. The molecule has 0 aliphatic rings. The van der Waals surface area contributed by atoms with Crippen LogP contribution < -0.4 is 4.74 Å². The molecule has 1 atom stereocenters. The van der Waals surface area contributed by atoms with E-state index in [1.807, 2.05) is 18.2 Å². The van der Waals surface area contributed by atoms with Crippen molar-refractivity contribution in [2.45, 2.75) is 12.6 Å². The molecule has 130 valence electrons. The van der Waals surface area contributed by atoms with Crippen molar-refractivity contribution in [2.75, 3.05) is 33.4 Å². The Morgan fingerprint density at radius 3 is 2.46 bits per heavy atom. The van der Waals surface area contributed by atoms with Gasteiger partial charge < -0.3 is 14.6 Å². The summed E-state index contributed by atoms with van der Waals surface area (Å²) >= 11 is 5.85. The number of halogens is 1. The van der Waals surface area contributed by atoms with Crippen LogP contribution in [0.3, 0.4) is 0 Å². The lowest BCUT2D eigenvalue weighted by atomic mass is 10.2. The lowest BCUT2D eigenvalue weighted by molar-refractivity contribution is 0.0542. The number of hydrogen-bond donors (Lipinski definition) is 1. The first-order valence-electron chi connectivity index (χ1n) is 7.99. The summed E-state index contributed by atoms with van der Waals surface area (Å²) in [4.78, 5) is 2.16. The maximum Gasteiger partial charge on any atom is 0.119 e. The molecule has 0 saturated carbocycles. The molecular weight excluding hydrogens is 326 g/mol. The van der Waals surface area contributed by atoms with Gasteiger partial charge in [-0.1, -0.05) is 41.9 Å². The topological polar surface area (TPSA) is 41.9 Å². The van der Waals surface area contributed by atoms with E-state index in [1.165, 1.54) is 5.56 Å². The molecule has 2 aromatic rings. The molecule has 2 rings (SSSR count). The molecule has 0 fully saturated rings. The van der Waals surface area contributed by atoms with Crippen LogP contribution in [0, 0.1) is 0 Å². The largest absolute Gasteiger partial charge is 0.491 e. The van der Waals surface area contributed by atoms with Crippen LogP contribution in [0.2, 0.25) is 5.02 Å². The second kappa shape index (κ2) is 10.3. The van der Waals surface area contributed by atoms with Gasteiger partial charge in [0.2, 0.25) is 0 Å². The second-order valence-corrected chi connectivity index (χ2v) is 6.07. The number of rotatable bonds is 10. The molecule has 0 aliphatic heterocycles. The van der Waals surface area contributed by atoms with Gasteiger partial charge in [-0.2, -0.15) is 0 Å². The van der Waals surface area contributed by atoms with E-state index in [0.717, 1.165) is 13.1 Å². The Balaban J connectivity index is 1.84. The van der Waals surface area contributed by atoms with Crippen molar-refractivity contribution in [3.63, 3.8) is 0 Å². The quantitative estimate of drug-likeness (QED) is 0.715. The van der Waals surface area contributed by atoms with E-state index in [0.29, 0.717) is 23.9 Å². The molecule has 0 radical (unpaired) electrons. The number of benzene rings is 2. The van der Waals surface area contributed by atoms with Crippen LogP contribution >= 0.6 is 11.6 Å². The molecule has 0 heterocycles. The predicted molar refractivity (Wildman–Crippen MR) is 96.5 cm³/mol. The number of hydrogen-bond acceptors (Lipinski definition) is 4. The highest BCUT2D eigenvalue weighted by Gasteiger charge is 2.13. The maximum atomic E-state index is 10.3.